The molecule has 0 spiro atoms. The molecule has 0 radical (unpaired) electrons. The second-order valence-electron chi connectivity index (χ2n) is 9.59. The molecule has 2 unspecified atom stereocenters. The molecule has 40 heavy (non-hydrogen) atoms. The summed E-state index contributed by atoms with van der Waals surface area (Å²) in [5, 5.41) is 0. The number of unbranched alkanes of at least 4 members (excludes halogenated alkanes) is 8. The average molecular weight is 588 g/mol. The fourth-order valence-corrected chi connectivity index (χ4v) is 4.35. The third kappa shape index (κ3) is 26.5. The number of carbonyl (C=O) groups excluding carboxylic acids is 2. The largest absolute Gasteiger partial charge is 0.472 e. The van der Waals surface area contributed by atoms with E-state index in [4.69, 9.17) is 24.3 Å². The number of hydrogen-bond acceptors (Lipinski definition) is 8. The van der Waals surface area contributed by atoms with Gasteiger partial charge in [-0.25, -0.2) is 4.57 Å². The second-order valence-corrected chi connectivity index (χ2v) is 11.0. The Morgan fingerprint density at radius 2 is 1.38 bits per heavy atom. The lowest BCUT2D eigenvalue weighted by atomic mass is 10.1. The van der Waals surface area contributed by atoms with Crippen LogP contribution in [0.1, 0.15) is 110 Å². The normalized spacial score (nSPS) is 14.2. The average Bonchev–Trinajstić information content (AvgIpc) is 2.93. The van der Waals surface area contributed by atoms with Gasteiger partial charge in [-0.1, -0.05) is 88.8 Å². The first-order valence-electron chi connectivity index (χ1n) is 15.0. The van der Waals surface area contributed by atoms with Crippen LogP contribution in [0.25, 0.3) is 0 Å². The van der Waals surface area contributed by atoms with Gasteiger partial charge in [-0.3, -0.25) is 18.6 Å². The van der Waals surface area contributed by atoms with E-state index in [1.807, 2.05) is 0 Å². The van der Waals surface area contributed by atoms with E-state index in [2.05, 4.69) is 50.3 Å². The summed E-state index contributed by atoms with van der Waals surface area (Å²) in [6.45, 7) is 3.46. The van der Waals surface area contributed by atoms with Gasteiger partial charge in [-0.2, -0.15) is 0 Å². The molecular weight excluding hydrogens is 533 g/mol. The SMILES string of the molecule is CC/C=C\C/C=C\C/C=C\CCCCCC(=O)OC(COC(=O)CCCCCCCC)COP(=O)(O)OCCN. The zero-order valence-corrected chi connectivity index (χ0v) is 25.7. The van der Waals surface area contributed by atoms with Gasteiger partial charge >= 0.3 is 19.8 Å². The second kappa shape index (κ2) is 27.4. The minimum atomic E-state index is -4.36. The number of phosphoric ester groups is 1. The fraction of sp³-hybridized carbons (Fsp3) is 0.733. The van der Waals surface area contributed by atoms with Gasteiger partial charge in [0.05, 0.1) is 13.2 Å². The van der Waals surface area contributed by atoms with Crippen molar-refractivity contribution >= 4 is 19.8 Å². The first kappa shape index (κ1) is 38.2. The van der Waals surface area contributed by atoms with Crippen molar-refractivity contribution < 1.29 is 37.6 Å². The number of phosphoric acid groups is 1. The maximum absolute atomic E-state index is 12.4. The van der Waals surface area contributed by atoms with Crippen LogP contribution in [0.15, 0.2) is 36.5 Å². The van der Waals surface area contributed by atoms with Crippen LogP contribution in [0, 0.1) is 0 Å². The van der Waals surface area contributed by atoms with Crippen LogP contribution in [-0.2, 0) is 32.7 Å². The van der Waals surface area contributed by atoms with Crippen LogP contribution in [-0.4, -0.2) is 49.3 Å². The molecule has 0 aliphatic heterocycles. The van der Waals surface area contributed by atoms with Gasteiger partial charge in [0.1, 0.15) is 6.61 Å². The van der Waals surface area contributed by atoms with Crippen molar-refractivity contribution in [2.75, 3.05) is 26.4 Å². The molecule has 0 saturated heterocycles. The Bertz CT molecular complexity index is 769. The lowest BCUT2D eigenvalue weighted by molar-refractivity contribution is -0.161. The van der Waals surface area contributed by atoms with Crippen molar-refractivity contribution in [3.05, 3.63) is 36.5 Å². The fourth-order valence-electron chi connectivity index (χ4n) is 3.59. The zero-order chi connectivity index (χ0) is 29.7. The van der Waals surface area contributed by atoms with Crippen molar-refractivity contribution in [1.82, 2.24) is 0 Å². The molecule has 0 rings (SSSR count). The summed E-state index contributed by atoms with van der Waals surface area (Å²) in [6, 6.07) is 0. The first-order valence-corrected chi connectivity index (χ1v) is 16.5. The minimum Gasteiger partial charge on any atom is -0.462 e. The Morgan fingerprint density at radius 3 is 2.05 bits per heavy atom. The molecule has 0 fully saturated rings. The molecule has 0 heterocycles. The van der Waals surface area contributed by atoms with Gasteiger partial charge in [-0.15, -0.1) is 0 Å². The molecule has 0 bridgehead atoms. The zero-order valence-electron chi connectivity index (χ0n) is 24.8. The molecule has 0 aromatic carbocycles. The number of carbonyl (C=O) groups is 2. The Labute approximate surface area is 242 Å². The highest BCUT2D eigenvalue weighted by Crippen LogP contribution is 2.43. The van der Waals surface area contributed by atoms with E-state index < -0.39 is 32.5 Å². The topological polar surface area (TPSA) is 134 Å². The summed E-state index contributed by atoms with van der Waals surface area (Å²) in [6.07, 6.45) is 25.0. The maximum Gasteiger partial charge on any atom is 0.472 e. The lowest BCUT2D eigenvalue weighted by Gasteiger charge is -2.19. The monoisotopic (exact) mass is 587 g/mol. The van der Waals surface area contributed by atoms with E-state index >= 15 is 0 Å². The summed E-state index contributed by atoms with van der Waals surface area (Å²) in [4.78, 5) is 34.2. The smallest absolute Gasteiger partial charge is 0.462 e. The number of esters is 2. The van der Waals surface area contributed by atoms with E-state index in [0.717, 1.165) is 70.6 Å². The van der Waals surface area contributed by atoms with E-state index in [1.165, 1.54) is 6.42 Å². The highest BCUT2D eigenvalue weighted by Gasteiger charge is 2.25. The molecule has 0 aliphatic rings. The van der Waals surface area contributed by atoms with E-state index in [9.17, 15) is 19.0 Å². The summed E-state index contributed by atoms with van der Waals surface area (Å²) in [7, 11) is -4.36. The highest BCUT2D eigenvalue weighted by molar-refractivity contribution is 7.47. The Morgan fingerprint density at radius 1 is 0.775 bits per heavy atom. The van der Waals surface area contributed by atoms with Gasteiger partial charge in [-0.05, 0) is 44.9 Å². The van der Waals surface area contributed by atoms with E-state index in [1.54, 1.807) is 0 Å². The van der Waals surface area contributed by atoms with Crippen molar-refractivity contribution in [3.8, 4) is 0 Å². The number of rotatable bonds is 27. The predicted octanol–water partition coefficient (Wildman–Crippen LogP) is 7.09. The van der Waals surface area contributed by atoms with Gasteiger partial charge in [0.25, 0.3) is 0 Å². The number of ether oxygens (including phenoxy) is 2. The number of hydrogen-bond donors (Lipinski definition) is 2. The van der Waals surface area contributed by atoms with Gasteiger partial charge in [0.2, 0.25) is 0 Å². The van der Waals surface area contributed by atoms with E-state index in [0.29, 0.717) is 6.42 Å². The lowest BCUT2D eigenvalue weighted by Crippen LogP contribution is -2.29. The summed E-state index contributed by atoms with van der Waals surface area (Å²) in [5.41, 5.74) is 5.29. The van der Waals surface area contributed by atoms with Crippen molar-refractivity contribution in [2.24, 2.45) is 5.73 Å². The summed E-state index contributed by atoms with van der Waals surface area (Å²) < 4.78 is 32.3. The summed E-state index contributed by atoms with van der Waals surface area (Å²) >= 11 is 0. The molecule has 0 aromatic rings. The molecule has 2 atom stereocenters. The molecule has 0 aromatic heterocycles. The van der Waals surface area contributed by atoms with Crippen molar-refractivity contribution in [1.29, 1.82) is 0 Å². The van der Waals surface area contributed by atoms with Crippen LogP contribution < -0.4 is 5.73 Å². The molecule has 10 heteroatoms. The molecule has 0 aliphatic carbocycles. The molecule has 3 N–H and O–H groups in total. The van der Waals surface area contributed by atoms with Gasteiger partial charge in [0, 0.05) is 19.4 Å². The molecular formula is C30H54NO8P. The maximum atomic E-state index is 12.4. The Balaban J connectivity index is 4.39. The van der Waals surface area contributed by atoms with Crippen LogP contribution >= 0.6 is 7.82 Å². The predicted molar refractivity (Wildman–Crippen MR) is 160 cm³/mol. The van der Waals surface area contributed by atoms with E-state index in [-0.39, 0.29) is 32.6 Å². The van der Waals surface area contributed by atoms with Crippen LogP contribution in [0.5, 0.6) is 0 Å². The van der Waals surface area contributed by atoms with Gasteiger partial charge < -0.3 is 20.1 Å². The van der Waals surface area contributed by atoms with Crippen LogP contribution in [0.3, 0.4) is 0 Å². The Kier molecular flexibility index (Phi) is 26.2. The number of allylic oxidation sites excluding steroid dienone is 6. The standard InChI is InChI=1S/C30H54NO8P/c1-3-5-7-9-11-12-13-14-15-16-17-19-21-23-30(33)39-28(27-38-40(34,35)37-25-24-31)26-36-29(32)22-20-18-10-8-6-4-2/h5,7,11-12,14-15,28H,3-4,6,8-10,13,16-27,31H2,1-2H3,(H,34,35)/b7-5-,12-11-,15-14-. The van der Waals surface area contributed by atoms with Gasteiger partial charge in [0.15, 0.2) is 6.10 Å². The number of nitrogens with two attached hydrogens (primary N) is 1. The molecule has 9 nitrogen and oxygen atoms in total. The third-order valence-electron chi connectivity index (χ3n) is 5.79. The van der Waals surface area contributed by atoms with Crippen molar-refractivity contribution in [3.63, 3.8) is 0 Å². The molecule has 0 saturated carbocycles. The molecule has 232 valence electrons. The molecule has 0 amide bonds. The summed E-state index contributed by atoms with van der Waals surface area (Å²) in [5.74, 6) is -0.881. The van der Waals surface area contributed by atoms with Crippen LogP contribution in [0.4, 0.5) is 0 Å². The Hall–Kier alpha value is -1.77. The van der Waals surface area contributed by atoms with Crippen LogP contribution in [0.2, 0.25) is 0 Å². The first-order chi connectivity index (χ1) is 19.3. The van der Waals surface area contributed by atoms with Crippen molar-refractivity contribution in [2.45, 2.75) is 116 Å². The highest BCUT2D eigenvalue weighted by atomic mass is 31.2. The quantitative estimate of drug-likeness (QED) is 0.0447. The minimum absolute atomic E-state index is 0.0478. The third-order valence-corrected chi connectivity index (χ3v) is 6.77.